The summed E-state index contributed by atoms with van der Waals surface area (Å²) in [7, 11) is 0. The van der Waals surface area contributed by atoms with Crippen molar-refractivity contribution in [2.24, 2.45) is 0 Å². The predicted octanol–water partition coefficient (Wildman–Crippen LogP) is 11.2. The number of carbonyl (C=O) groups excluding carboxylic acids is 5. The molecule has 4 amide bonds. The highest BCUT2D eigenvalue weighted by Gasteiger charge is 2.26. The summed E-state index contributed by atoms with van der Waals surface area (Å²) >= 11 is 0. The Morgan fingerprint density at radius 2 is 0.658 bits per heavy atom. The van der Waals surface area contributed by atoms with Crippen molar-refractivity contribution in [3.63, 3.8) is 0 Å². The van der Waals surface area contributed by atoms with Crippen molar-refractivity contribution >= 4 is 41.3 Å². The molecule has 0 aliphatic heterocycles. The molecule has 0 aliphatic rings. The average Bonchev–Trinajstić information content (AvgIpc) is 3.46. The van der Waals surface area contributed by atoms with Gasteiger partial charge in [0.25, 0.3) is 0 Å². The summed E-state index contributed by atoms with van der Waals surface area (Å²) in [5.74, 6) is -0.858. The zero-order chi connectivity index (χ0) is 52.7. The number of nitrogens with one attached hydrogen (secondary N) is 4. The van der Waals surface area contributed by atoms with Crippen molar-refractivity contribution in [1.29, 1.82) is 0 Å². The van der Waals surface area contributed by atoms with E-state index >= 15 is 0 Å². The number of hydrogen-bond donors (Lipinski definition) is 4. The third kappa shape index (κ3) is 17.0. The molecule has 8 aromatic rings. The van der Waals surface area contributed by atoms with Gasteiger partial charge in [0.2, 0.25) is 11.8 Å². The normalized spacial score (nSPS) is 11.4. The molecule has 0 saturated carbocycles. The van der Waals surface area contributed by atoms with E-state index in [2.05, 4.69) is 21.3 Å². The first-order valence-corrected chi connectivity index (χ1v) is 24.6. The minimum atomic E-state index is -1.20. The Morgan fingerprint density at radius 3 is 1.00 bits per heavy atom. The molecular formula is C62H56N4O10. The Morgan fingerprint density at radius 1 is 0.342 bits per heavy atom. The summed E-state index contributed by atoms with van der Waals surface area (Å²) in [6.45, 7) is 0.580. The van der Waals surface area contributed by atoms with E-state index in [-0.39, 0.29) is 49.6 Å². The van der Waals surface area contributed by atoms with Crippen LogP contribution in [0.1, 0.15) is 49.3 Å². The molecule has 0 fully saturated rings. The first-order valence-electron chi connectivity index (χ1n) is 24.6. The molecule has 14 nitrogen and oxygen atoms in total. The number of hydrogen-bond acceptors (Lipinski definition) is 10. The number of amides is 4. The van der Waals surface area contributed by atoms with Gasteiger partial charge in [-0.2, -0.15) is 0 Å². The van der Waals surface area contributed by atoms with Crippen LogP contribution in [0.15, 0.2) is 218 Å². The fourth-order valence-electron chi connectivity index (χ4n) is 7.78. The summed E-state index contributed by atoms with van der Waals surface area (Å²) in [4.78, 5) is 69.4. The van der Waals surface area contributed by atoms with Crippen LogP contribution < -0.4 is 30.7 Å². The van der Waals surface area contributed by atoms with E-state index in [0.717, 1.165) is 27.8 Å². The van der Waals surface area contributed by atoms with Gasteiger partial charge in [0, 0.05) is 24.2 Å². The van der Waals surface area contributed by atoms with Gasteiger partial charge in [0.15, 0.2) is 0 Å². The molecule has 0 radical (unpaired) electrons. The lowest BCUT2D eigenvalue weighted by molar-refractivity contribution is -0.118. The van der Waals surface area contributed by atoms with Crippen LogP contribution >= 0.6 is 0 Å². The van der Waals surface area contributed by atoms with Crippen LogP contribution in [0.4, 0.5) is 21.0 Å². The molecule has 8 aromatic carbocycles. The number of anilines is 2. The lowest BCUT2D eigenvalue weighted by Gasteiger charge is -2.21. The Hall–Kier alpha value is -9.69. The van der Waals surface area contributed by atoms with Crippen molar-refractivity contribution in [3.05, 3.63) is 263 Å². The Labute approximate surface area is 441 Å². The molecular weight excluding hydrogens is 961 g/mol. The van der Waals surface area contributed by atoms with Gasteiger partial charge in [-0.3, -0.25) is 9.59 Å². The minimum absolute atomic E-state index is 0.0141. The second kappa shape index (κ2) is 27.4. The third-order valence-corrected chi connectivity index (χ3v) is 11.8. The fraction of sp³-hybridized carbons (Fsp3) is 0.145. The molecule has 76 heavy (non-hydrogen) atoms. The van der Waals surface area contributed by atoms with Crippen LogP contribution in [0.3, 0.4) is 0 Å². The van der Waals surface area contributed by atoms with Crippen LogP contribution in [-0.4, -0.2) is 42.1 Å². The van der Waals surface area contributed by atoms with Gasteiger partial charge in [0.1, 0.15) is 56.6 Å². The highest BCUT2D eigenvalue weighted by molar-refractivity contribution is 6.02. The molecule has 0 spiro atoms. The molecule has 8 rings (SSSR count). The highest BCUT2D eigenvalue weighted by atomic mass is 16.6. The van der Waals surface area contributed by atoms with Gasteiger partial charge >= 0.3 is 18.2 Å². The van der Waals surface area contributed by atoms with Gasteiger partial charge < -0.3 is 45.0 Å². The maximum absolute atomic E-state index is 14.4. The van der Waals surface area contributed by atoms with Crippen molar-refractivity contribution in [2.75, 3.05) is 10.6 Å². The molecule has 0 unspecified atom stereocenters. The van der Waals surface area contributed by atoms with E-state index in [4.69, 9.17) is 23.7 Å². The van der Waals surface area contributed by atoms with E-state index in [0.29, 0.717) is 35.8 Å². The van der Waals surface area contributed by atoms with Crippen molar-refractivity contribution in [1.82, 2.24) is 10.6 Å². The molecule has 0 heterocycles. The maximum Gasteiger partial charge on any atom is 0.408 e. The molecule has 0 aliphatic carbocycles. The Bertz CT molecular complexity index is 2950. The fourth-order valence-corrected chi connectivity index (χ4v) is 7.78. The van der Waals surface area contributed by atoms with Crippen LogP contribution in [0, 0.1) is 0 Å². The minimum Gasteiger partial charge on any atom is -0.489 e. The van der Waals surface area contributed by atoms with E-state index in [1.54, 1.807) is 48.5 Å². The van der Waals surface area contributed by atoms with Gasteiger partial charge in [-0.15, -0.1) is 0 Å². The second-order valence-electron chi connectivity index (χ2n) is 17.6. The lowest BCUT2D eigenvalue weighted by Crippen LogP contribution is -2.45. The molecule has 14 heteroatoms. The number of esters is 1. The SMILES string of the molecule is O=C(N[C@@H](Cc1ccc(OCc2ccccc2)cc1)C(=O)Nc1cc(NC(=O)[C@H](Cc2ccc(OCc3ccccc3)cc2)NC(=O)OCc2ccccc2)cc(C(=O)OCc2ccccc2)c1)OCc1ccccc1. The number of alkyl carbamates (subject to hydrolysis) is 2. The number of rotatable bonds is 23. The molecule has 0 saturated heterocycles. The highest BCUT2D eigenvalue weighted by Crippen LogP contribution is 2.24. The molecule has 384 valence electrons. The van der Waals surface area contributed by atoms with Gasteiger partial charge in [0.05, 0.1) is 5.56 Å². The van der Waals surface area contributed by atoms with Crippen LogP contribution in [-0.2, 0) is 69.7 Å². The van der Waals surface area contributed by atoms with Crippen molar-refractivity contribution < 1.29 is 47.7 Å². The summed E-state index contributed by atoms with van der Waals surface area (Å²) in [5.41, 5.74) is 5.77. The van der Waals surface area contributed by atoms with Gasteiger partial charge in [-0.1, -0.05) is 176 Å². The Balaban J connectivity index is 1.03. The molecule has 0 bridgehead atoms. The number of benzene rings is 8. The van der Waals surface area contributed by atoms with E-state index < -0.39 is 42.1 Å². The van der Waals surface area contributed by atoms with Crippen LogP contribution in [0.2, 0.25) is 0 Å². The summed E-state index contributed by atoms with van der Waals surface area (Å²) in [5, 5.41) is 11.1. The first kappa shape index (κ1) is 52.6. The monoisotopic (exact) mass is 1020 g/mol. The molecule has 0 aromatic heterocycles. The topological polar surface area (TPSA) is 180 Å². The van der Waals surface area contributed by atoms with Gasteiger partial charge in [-0.25, -0.2) is 14.4 Å². The maximum atomic E-state index is 14.4. The van der Waals surface area contributed by atoms with Crippen molar-refractivity contribution in [3.8, 4) is 11.5 Å². The Kier molecular flexibility index (Phi) is 19.0. The number of ether oxygens (including phenoxy) is 5. The summed E-state index contributed by atoms with van der Waals surface area (Å²) in [6, 6.07) is 63.0. The summed E-state index contributed by atoms with van der Waals surface area (Å²) in [6.07, 6.45) is -1.62. The molecule has 4 N–H and O–H groups in total. The first-order chi connectivity index (χ1) is 37.2. The lowest BCUT2D eigenvalue weighted by atomic mass is 10.0. The van der Waals surface area contributed by atoms with Gasteiger partial charge in [-0.05, 0) is 81.4 Å². The smallest absolute Gasteiger partial charge is 0.408 e. The quantitative estimate of drug-likeness (QED) is 0.0356. The number of carbonyl (C=O) groups is 5. The zero-order valence-corrected chi connectivity index (χ0v) is 41.5. The third-order valence-electron chi connectivity index (χ3n) is 11.8. The van der Waals surface area contributed by atoms with E-state index in [1.807, 2.05) is 152 Å². The van der Waals surface area contributed by atoms with E-state index in [9.17, 15) is 24.0 Å². The van der Waals surface area contributed by atoms with E-state index in [1.165, 1.54) is 18.2 Å². The standard InChI is InChI=1S/C62H56N4O10/c67-58(56(65-61(70)75-42-49-22-12-4-13-23-49)34-44-26-30-54(31-27-44)72-39-46-16-6-1-7-17-46)63-52-36-51(60(69)74-41-48-20-10-3-11-21-48)37-53(38-52)64-59(68)57(66-62(71)76-43-50-24-14-5-15-25-50)35-45-28-32-55(33-29-45)73-40-47-18-8-2-9-19-47/h1-33,36-38,56-57H,34-35,39-43H2,(H,63,67)(H,64,68)(H,65,70)(H,66,71)/t56-,57-/m0/s1. The van der Waals surface area contributed by atoms with Crippen LogP contribution in [0.5, 0.6) is 11.5 Å². The zero-order valence-electron chi connectivity index (χ0n) is 41.5. The molecule has 2 atom stereocenters. The summed E-state index contributed by atoms with van der Waals surface area (Å²) < 4.78 is 28.7. The van der Waals surface area contributed by atoms with Crippen molar-refractivity contribution in [2.45, 2.75) is 58.0 Å². The average molecular weight is 1020 g/mol. The largest absolute Gasteiger partial charge is 0.489 e. The van der Waals surface area contributed by atoms with Crippen LogP contribution in [0.25, 0.3) is 0 Å². The predicted molar refractivity (Wildman–Crippen MR) is 288 cm³/mol. The second-order valence-corrected chi connectivity index (χ2v) is 17.6.